The van der Waals surface area contributed by atoms with Gasteiger partial charge >= 0.3 is 0 Å². The monoisotopic (exact) mass is 396 g/mol. The summed E-state index contributed by atoms with van der Waals surface area (Å²) in [6.07, 6.45) is 0. The molecule has 0 unspecified atom stereocenters. The first-order valence-electron chi connectivity index (χ1n) is 6.10. The van der Waals surface area contributed by atoms with E-state index in [0.29, 0.717) is 0 Å². The number of nitrogens with zero attached hydrogens (tertiary/aromatic N) is 2. The largest absolute Gasteiger partial charge is 0.355 e. The SMILES string of the molecule is CN=C(NCc1cccs1)NCC(C)(C)N(C)C.I. The Labute approximate surface area is 137 Å². The lowest BCUT2D eigenvalue weighted by Crippen LogP contribution is -2.50. The Bertz CT molecular complexity index is 374. The van der Waals surface area contributed by atoms with Crippen molar-refractivity contribution in [2.24, 2.45) is 4.99 Å². The summed E-state index contributed by atoms with van der Waals surface area (Å²) >= 11 is 1.75. The lowest BCUT2D eigenvalue weighted by Gasteiger charge is -2.33. The van der Waals surface area contributed by atoms with Gasteiger partial charge < -0.3 is 15.5 Å². The Kier molecular flexibility index (Phi) is 8.60. The number of rotatable bonds is 5. The van der Waals surface area contributed by atoms with Gasteiger partial charge in [0.2, 0.25) is 0 Å². The average molecular weight is 396 g/mol. The molecule has 110 valence electrons. The average Bonchev–Trinajstić information content (AvgIpc) is 2.82. The molecule has 0 aliphatic carbocycles. The molecule has 0 bridgehead atoms. The van der Waals surface area contributed by atoms with E-state index in [9.17, 15) is 0 Å². The van der Waals surface area contributed by atoms with Gasteiger partial charge in [-0.3, -0.25) is 4.99 Å². The van der Waals surface area contributed by atoms with Crippen molar-refractivity contribution in [3.8, 4) is 0 Å². The van der Waals surface area contributed by atoms with Gasteiger partial charge in [0.1, 0.15) is 0 Å². The van der Waals surface area contributed by atoms with Crippen LogP contribution in [0.1, 0.15) is 18.7 Å². The predicted octanol–water partition coefficient (Wildman–Crippen LogP) is 2.37. The summed E-state index contributed by atoms with van der Waals surface area (Å²) in [6.45, 7) is 6.07. The van der Waals surface area contributed by atoms with Crippen LogP contribution in [0.25, 0.3) is 0 Å². The third kappa shape index (κ3) is 6.58. The molecule has 1 rings (SSSR count). The first kappa shape index (κ1) is 18.7. The second-order valence-corrected chi connectivity index (χ2v) is 6.10. The quantitative estimate of drug-likeness (QED) is 0.456. The number of hydrogen-bond donors (Lipinski definition) is 2. The summed E-state index contributed by atoms with van der Waals surface area (Å²) in [4.78, 5) is 7.74. The Balaban J connectivity index is 0.00000324. The van der Waals surface area contributed by atoms with Crippen molar-refractivity contribution in [1.82, 2.24) is 15.5 Å². The molecule has 1 heterocycles. The van der Waals surface area contributed by atoms with E-state index in [2.05, 4.69) is 66.0 Å². The zero-order valence-corrected chi connectivity index (χ0v) is 15.5. The van der Waals surface area contributed by atoms with Gasteiger partial charge in [0.25, 0.3) is 0 Å². The van der Waals surface area contributed by atoms with Gasteiger partial charge in [0.15, 0.2) is 5.96 Å². The first-order valence-corrected chi connectivity index (χ1v) is 6.98. The predicted molar refractivity (Wildman–Crippen MR) is 95.7 cm³/mol. The van der Waals surface area contributed by atoms with Crippen molar-refractivity contribution in [2.75, 3.05) is 27.7 Å². The van der Waals surface area contributed by atoms with Crippen LogP contribution in [0, 0.1) is 0 Å². The van der Waals surface area contributed by atoms with Crippen LogP contribution < -0.4 is 10.6 Å². The normalized spacial score (nSPS) is 12.2. The third-order valence-electron chi connectivity index (χ3n) is 3.13. The molecule has 0 amide bonds. The fourth-order valence-electron chi connectivity index (χ4n) is 1.26. The number of hydrogen-bond acceptors (Lipinski definition) is 3. The maximum atomic E-state index is 4.23. The molecule has 6 heteroatoms. The lowest BCUT2D eigenvalue weighted by molar-refractivity contribution is 0.197. The lowest BCUT2D eigenvalue weighted by atomic mass is 10.0. The van der Waals surface area contributed by atoms with E-state index in [1.165, 1.54) is 4.88 Å². The van der Waals surface area contributed by atoms with Crippen molar-refractivity contribution in [3.05, 3.63) is 22.4 Å². The maximum Gasteiger partial charge on any atom is 0.191 e. The van der Waals surface area contributed by atoms with Gasteiger partial charge in [-0.25, -0.2) is 0 Å². The number of nitrogens with one attached hydrogen (secondary N) is 2. The zero-order valence-electron chi connectivity index (χ0n) is 12.4. The number of halogens is 1. The zero-order chi connectivity index (χ0) is 13.6. The number of likely N-dealkylation sites (N-methyl/N-ethyl adjacent to an activating group) is 1. The van der Waals surface area contributed by atoms with Crippen LogP contribution in [0.5, 0.6) is 0 Å². The van der Waals surface area contributed by atoms with E-state index in [-0.39, 0.29) is 29.5 Å². The van der Waals surface area contributed by atoms with E-state index in [0.717, 1.165) is 19.0 Å². The molecule has 0 saturated carbocycles. The summed E-state index contributed by atoms with van der Waals surface area (Å²) in [5.41, 5.74) is 0.0978. The highest BCUT2D eigenvalue weighted by atomic mass is 127. The minimum atomic E-state index is 0. The second-order valence-electron chi connectivity index (χ2n) is 5.07. The highest BCUT2D eigenvalue weighted by molar-refractivity contribution is 14.0. The minimum Gasteiger partial charge on any atom is -0.355 e. The maximum absolute atomic E-state index is 4.23. The molecule has 0 aliphatic heterocycles. The Morgan fingerprint density at radius 2 is 2.05 bits per heavy atom. The van der Waals surface area contributed by atoms with Crippen molar-refractivity contribution in [3.63, 3.8) is 0 Å². The van der Waals surface area contributed by atoms with Crippen LogP contribution in [0.4, 0.5) is 0 Å². The molecule has 2 N–H and O–H groups in total. The van der Waals surface area contributed by atoms with Gasteiger partial charge in [-0.1, -0.05) is 6.07 Å². The van der Waals surface area contributed by atoms with Gasteiger partial charge in [0, 0.05) is 24.0 Å². The standard InChI is InChI=1S/C13H24N4S.HI/c1-13(2,17(4)5)10-16-12(14-3)15-9-11-7-6-8-18-11;/h6-8H,9-10H2,1-5H3,(H2,14,15,16);1H. The van der Waals surface area contributed by atoms with Crippen molar-refractivity contribution in [2.45, 2.75) is 25.9 Å². The van der Waals surface area contributed by atoms with E-state index in [4.69, 9.17) is 0 Å². The van der Waals surface area contributed by atoms with Gasteiger partial charge in [-0.15, -0.1) is 35.3 Å². The molecule has 0 spiro atoms. The molecule has 0 aromatic carbocycles. The summed E-state index contributed by atoms with van der Waals surface area (Å²) in [6, 6.07) is 4.18. The fraction of sp³-hybridized carbons (Fsp3) is 0.615. The van der Waals surface area contributed by atoms with Gasteiger partial charge in [-0.2, -0.15) is 0 Å². The van der Waals surface area contributed by atoms with E-state index in [1.54, 1.807) is 18.4 Å². The molecular weight excluding hydrogens is 371 g/mol. The summed E-state index contributed by atoms with van der Waals surface area (Å²) in [7, 11) is 5.97. The number of thiophene rings is 1. The Hall–Kier alpha value is -0.340. The molecule has 19 heavy (non-hydrogen) atoms. The van der Waals surface area contributed by atoms with Crippen LogP contribution in [-0.4, -0.2) is 44.1 Å². The van der Waals surface area contributed by atoms with Gasteiger partial charge in [0.05, 0.1) is 6.54 Å². The van der Waals surface area contributed by atoms with Crippen LogP contribution >= 0.6 is 35.3 Å². The molecule has 0 aliphatic rings. The summed E-state index contributed by atoms with van der Waals surface area (Å²) < 4.78 is 0. The Morgan fingerprint density at radius 3 is 2.53 bits per heavy atom. The van der Waals surface area contributed by atoms with Crippen LogP contribution in [0.15, 0.2) is 22.5 Å². The Morgan fingerprint density at radius 1 is 1.37 bits per heavy atom. The minimum absolute atomic E-state index is 0. The summed E-state index contributed by atoms with van der Waals surface area (Å²) in [5.74, 6) is 0.846. The third-order valence-corrected chi connectivity index (χ3v) is 4.01. The van der Waals surface area contributed by atoms with E-state index < -0.39 is 0 Å². The number of aliphatic imine (C=N–C) groups is 1. The molecule has 0 saturated heterocycles. The number of guanidine groups is 1. The molecular formula is C13H25IN4S. The van der Waals surface area contributed by atoms with Gasteiger partial charge in [-0.05, 0) is 39.4 Å². The molecule has 1 aromatic rings. The van der Waals surface area contributed by atoms with Crippen molar-refractivity contribution < 1.29 is 0 Å². The smallest absolute Gasteiger partial charge is 0.191 e. The molecule has 1 aromatic heterocycles. The highest BCUT2D eigenvalue weighted by Crippen LogP contribution is 2.08. The van der Waals surface area contributed by atoms with Crippen LogP contribution in [-0.2, 0) is 6.54 Å². The van der Waals surface area contributed by atoms with E-state index in [1.807, 2.05) is 0 Å². The van der Waals surface area contributed by atoms with Crippen LogP contribution in [0.2, 0.25) is 0 Å². The second kappa shape index (κ2) is 8.76. The molecule has 0 atom stereocenters. The molecule has 4 nitrogen and oxygen atoms in total. The van der Waals surface area contributed by atoms with Crippen LogP contribution in [0.3, 0.4) is 0 Å². The first-order chi connectivity index (χ1) is 8.45. The van der Waals surface area contributed by atoms with Crippen molar-refractivity contribution >= 4 is 41.3 Å². The van der Waals surface area contributed by atoms with Crippen molar-refractivity contribution in [1.29, 1.82) is 0 Å². The fourth-order valence-corrected chi connectivity index (χ4v) is 1.91. The molecule has 0 fully saturated rings. The van der Waals surface area contributed by atoms with E-state index >= 15 is 0 Å². The topological polar surface area (TPSA) is 39.7 Å². The molecule has 0 radical (unpaired) electrons. The highest BCUT2D eigenvalue weighted by Gasteiger charge is 2.20. The summed E-state index contributed by atoms with van der Waals surface area (Å²) in [5, 5.41) is 8.76.